The highest BCUT2D eigenvalue weighted by Crippen LogP contribution is 2.11. The second-order valence-corrected chi connectivity index (χ2v) is 4.53. The van der Waals surface area contributed by atoms with Gasteiger partial charge in [-0.15, -0.1) is 11.8 Å². The minimum Gasteiger partial charge on any atom is -0.313 e. The van der Waals surface area contributed by atoms with Gasteiger partial charge in [0.25, 0.3) is 0 Å². The SMILES string of the molecule is CC(C)NCCN1C(=O)CSCC1=O. The minimum absolute atomic E-state index is 0.0585. The predicted octanol–water partition coefficient (Wildman–Crippen LogP) is 0.0864. The first kappa shape index (κ1) is 11.5. The van der Waals surface area contributed by atoms with E-state index >= 15 is 0 Å². The molecule has 0 bridgehead atoms. The Morgan fingerprint density at radius 1 is 1.36 bits per heavy atom. The predicted molar refractivity (Wildman–Crippen MR) is 57.2 cm³/mol. The standard InChI is InChI=1S/C9H16N2O2S/c1-7(2)10-3-4-11-8(12)5-14-6-9(11)13/h7,10H,3-6H2,1-2H3. The van der Waals surface area contributed by atoms with Gasteiger partial charge in [0.15, 0.2) is 0 Å². The van der Waals surface area contributed by atoms with Crippen molar-refractivity contribution >= 4 is 23.6 Å². The van der Waals surface area contributed by atoms with E-state index in [0.29, 0.717) is 30.6 Å². The van der Waals surface area contributed by atoms with Crippen molar-refractivity contribution in [2.24, 2.45) is 0 Å². The van der Waals surface area contributed by atoms with E-state index in [1.807, 2.05) is 13.8 Å². The van der Waals surface area contributed by atoms with Gasteiger partial charge in [0.1, 0.15) is 0 Å². The molecule has 0 aromatic heterocycles. The third-order valence-electron chi connectivity index (χ3n) is 1.94. The third-order valence-corrected chi connectivity index (χ3v) is 2.84. The van der Waals surface area contributed by atoms with Crippen LogP contribution in [-0.4, -0.2) is 47.4 Å². The van der Waals surface area contributed by atoms with E-state index in [-0.39, 0.29) is 11.8 Å². The van der Waals surface area contributed by atoms with Gasteiger partial charge in [-0.3, -0.25) is 14.5 Å². The van der Waals surface area contributed by atoms with Crippen LogP contribution in [0.2, 0.25) is 0 Å². The monoisotopic (exact) mass is 216 g/mol. The van der Waals surface area contributed by atoms with Crippen LogP contribution in [-0.2, 0) is 9.59 Å². The van der Waals surface area contributed by atoms with Crippen LogP contribution < -0.4 is 5.32 Å². The third kappa shape index (κ3) is 3.31. The molecule has 2 amide bonds. The molecule has 1 N–H and O–H groups in total. The maximum absolute atomic E-state index is 11.3. The lowest BCUT2D eigenvalue weighted by Crippen LogP contribution is -2.46. The van der Waals surface area contributed by atoms with Crippen LogP contribution in [0.4, 0.5) is 0 Å². The first-order chi connectivity index (χ1) is 6.61. The average Bonchev–Trinajstić information content (AvgIpc) is 2.09. The van der Waals surface area contributed by atoms with Gasteiger partial charge in [0.05, 0.1) is 11.5 Å². The smallest absolute Gasteiger partial charge is 0.239 e. The largest absolute Gasteiger partial charge is 0.313 e. The number of hydrogen-bond donors (Lipinski definition) is 1. The number of carbonyl (C=O) groups excluding carboxylic acids is 2. The van der Waals surface area contributed by atoms with Gasteiger partial charge in [0, 0.05) is 19.1 Å². The topological polar surface area (TPSA) is 49.4 Å². The molecule has 0 atom stereocenters. The number of carbonyl (C=O) groups is 2. The Labute approximate surface area is 88.4 Å². The van der Waals surface area contributed by atoms with E-state index in [2.05, 4.69) is 5.32 Å². The summed E-state index contributed by atoms with van der Waals surface area (Å²) in [7, 11) is 0. The molecule has 1 heterocycles. The highest BCUT2D eigenvalue weighted by molar-refractivity contribution is 8.00. The fourth-order valence-electron chi connectivity index (χ4n) is 1.24. The second kappa shape index (κ2) is 5.36. The van der Waals surface area contributed by atoms with E-state index in [1.54, 1.807) is 0 Å². The van der Waals surface area contributed by atoms with Gasteiger partial charge >= 0.3 is 0 Å². The van der Waals surface area contributed by atoms with Gasteiger partial charge in [-0.25, -0.2) is 0 Å². The van der Waals surface area contributed by atoms with Crippen LogP contribution >= 0.6 is 11.8 Å². The summed E-state index contributed by atoms with van der Waals surface area (Å²) in [4.78, 5) is 24.0. The Bertz CT molecular complexity index is 215. The van der Waals surface area contributed by atoms with Crippen molar-refractivity contribution in [3.8, 4) is 0 Å². The molecule has 0 saturated carbocycles. The lowest BCUT2D eigenvalue weighted by atomic mass is 10.3. The molecular weight excluding hydrogens is 200 g/mol. The quantitative estimate of drug-likeness (QED) is 0.677. The molecule has 1 aliphatic heterocycles. The zero-order chi connectivity index (χ0) is 10.6. The van der Waals surface area contributed by atoms with Crippen LogP contribution in [0.1, 0.15) is 13.8 Å². The summed E-state index contributed by atoms with van der Waals surface area (Å²) in [5, 5.41) is 3.18. The van der Waals surface area contributed by atoms with E-state index < -0.39 is 0 Å². The van der Waals surface area contributed by atoms with Crippen molar-refractivity contribution in [1.82, 2.24) is 10.2 Å². The molecule has 1 aliphatic rings. The molecule has 4 nitrogen and oxygen atoms in total. The van der Waals surface area contributed by atoms with Crippen molar-refractivity contribution in [2.75, 3.05) is 24.6 Å². The number of nitrogens with one attached hydrogen (secondary N) is 1. The van der Waals surface area contributed by atoms with E-state index in [9.17, 15) is 9.59 Å². The normalized spacial score (nSPS) is 18.1. The molecule has 80 valence electrons. The number of imide groups is 1. The maximum atomic E-state index is 11.3. The molecule has 1 rings (SSSR count). The summed E-state index contributed by atoms with van der Waals surface area (Å²) >= 11 is 1.39. The summed E-state index contributed by atoms with van der Waals surface area (Å²) in [5.74, 6) is 0.759. The van der Waals surface area contributed by atoms with Crippen LogP contribution in [0.5, 0.6) is 0 Å². The lowest BCUT2D eigenvalue weighted by molar-refractivity contribution is -0.142. The van der Waals surface area contributed by atoms with Gasteiger partial charge in [0.2, 0.25) is 11.8 Å². The number of rotatable bonds is 4. The Kier molecular flexibility index (Phi) is 4.41. The van der Waals surface area contributed by atoms with Crippen molar-refractivity contribution < 1.29 is 9.59 Å². The van der Waals surface area contributed by atoms with Gasteiger partial charge in [-0.1, -0.05) is 13.8 Å². The highest BCUT2D eigenvalue weighted by atomic mass is 32.2. The fourth-order valence-corrected chi connectivity index (χ4v) is 2.00. The molecule has 0 spiro atoms. The van der Waals surface area contributed by atoms with Crippen LogP contribution in [0.15, 0.2) is 0 Å². The van der Waals surface area contributed by atoms with Gasteiger partial charge in [-0.2, -0.15) is 0 Å². The number of amides is 2. The lowest BCUT2D eigenvalue weighted by Gasteiger charge is -2.24. The number of hydrogen-bond acceptors (Lipinski definition) is 4. The van der Waals surface area contributed by atoms with Crippen LogP contribution in [0, 0.1) is 0 Å². The number of nitrogens with zero attached hydrogens (tertiary/aromatic N) is 1. The molecule has 0 aromatic rings. The molecule has 0 unspecified atom stereocenters. The molecular formula is C9H16N2O2S. The Morgan fingerprint density at radius 3 is 2.43 bits per heavy atom. The number of thioether (sulfide) groups is 1. The van der Waals surface area contributed by atoms with E-state index in [1.165, 1.54) is 16.7 Å². The second-order valence-electron chi connectivity index (χ2n) is 3.54. The molecule has 14 heavy (non-hydrogen) atoms. The zero-order valence-electron chi connectivity index (χ0n) is 8.58. The summed E-state index contributed by atoms with van der Waals surface area (Å²) in [6.07, 6.45) is 0. The summed E-state index contributed by atoms with van der Waals surface area (Å²) in [6, 6.07) is 0.388. The van der Waals surface area contributed by atoms with Crippen molar-refractivity contribution in [3.05, 3.63) is 0 Å². The fraction of sp³-hybridized carbons (Fsp3) is 0.778. The van der Waals surface area contributed by atoms with Crippen molar-refractivity contribution in [1.29, 1.82) is 0 Å². The maximum Gasteiger partial charge on any atom is 0.239 e. The Morgan fingerprint density at radius 2 is 1.93 bits per heavy atom. The molecule has 0 aromatic carbocycles. The highest BCUT2D eigenvalue weighted by Gasteiger charge is 2.25. The van der Waals surface area contributed by atoms with Crippen molar-refractivity contribution in [2.45, 2.75) is 19.9 Å². The molecule has 0 aliphatic carbocycles. The summed E-state index contributed by atoms with van der Waals surface area (Å²) in [6.45, 7) is 5.25. The van der Waals surface area contributed by atoms with E-state index in [0.717, 1.165) is 0 Å². The van der Waals surface area contributed by atoms with Crippen LogP contribution in [0.3, 0.4) is 0 Å². The van der Waals surface area contributed by atoms with E-state index in [4.69, 9.17) is 0 Å². The summed E-state index contributed by atoms with van der Waals surface area (Å²) < 4.78 is 0. The van der Waals surface area contributed by atoms with Crippen molar-refractivity contribution in [3.63, 3.8) is 0 Å². The van der Waals surface area contributed by atoms with Gasteiger partial charge in [-0.05, 0) is 0 Å². The molecule has 1 saturated heterocycles. The molecule has 5 heteroatoms. The zero-order valence-corrected chi connectivity index (χ0v) is 9.39. The Hall–Kier alpha value is -0.550. The molecule has 0 radical (unpaired) electrons. The average molecular weight is 216 g/mol. The first-order valence-corrected chi connectivity index (χ1v) is 5.91. The van der Waals surface area contributed by atoms with Gasteiger partial charge < -0.3 is 5.32 Å². The van der Waals surface area contributed by atoms with Crippen LogP contribution in [0.25, 0.3) is 0 Å². The molecule has 1 fully saturated rings. The Balaban J connectivity index is 2.33. The summed E-state index contributed by atoms with van der Waals surface area (Å²) in [5.41, 5.74) is 0. The first-order valence-electron chi connectivity index (χ1n) is 4.75. The minimum atomic E-state index is -0.0585.